The van der Waals surface area contributed by atoms with Gasteiger partial charge in [-0.1, -0.05) is 24.6 Å². The number of carbonyl (C=O) groups is 1. The second-order valence-electron chi connectivity index (χ2n) is 10.1. The van der Waals surface area contributed by atoms with Crippen molar-refractivity contribution in [3.63, 3.8) is 0 Å². The number of carbonyl (C=O) groups excluding carboxylic acids is 1. The van der Waals surface area contributed by atoms with Gasteiger partial charge >= 0.3 is 0 Å². The standard InChI is InChI=1S/C26H25ClF2N8O/c1-15-7-19(15)18-3-4-20(37-10-17(8-30)23(27)34-37)22-21(18)24(33-14-32-22)35-5-6-36(16(2)9-35)25(38)26(11-28,12-29)13-31/h3-4,10,14-16,19H,5-7,9,11-12H2,1-2H3/t15?,16?,19-/m0/s1. The Bertz CT molecular complexity index is 1490. The molecule has 38 heavy (non-hydrogen) atoms. The molecule has 1 saturated carbocycles. The quantitative estimate of drug-likeness (QED) is 0.466. The van der Waals surface area contributed by atoms with E-state index in [9.17, 15) is 24.1 Å². The van der Waals surface area contributed by atoms with Crippen molar-refractivity contribution in [1.82, 2.24) is 24.6 Å². The third kappa shape index (κ3) is 4.11. The Morgan fingerprint density at radius 3 is 2.53 bits per heavy atom. The molecule has 3 aromatic rings. The molecule has 9 nitrogen and oxygen atoms in total. The van der Waals surface area contributed by atoms with Crippen molar-refractivity contribution in [3.05, 3.63) is 40.9 Å². The highest BCUT2D eigenvalue weighted by atomic mass is 35.5. The third-order valence-corrected chi connectivity index (χ3v) is 7.87. The fraction of sp³-hybridized carbons (Fsp3) is 0.462. The van der Waals surface area contributed by atoms with Gasteiger partial charge in [-0.15, -0.1) is 0 Å². The van der Waals surface area contributed by atoms with Gasteiger partial charge in [0, 0.05) is 31.1 Å². The van der Waals surface area contributed by atoms with E-state index in [4.69, 9.17) is 11.6 Å². The number of anilines is 1. The molecule has 1 aromatic carbocycles. The summed E-state index contributed by atoms with van der Waals surface area (Å²) in [5.74, 6) is 0.711. The SMILES string of the molecule is CC1C[C@@H]1c1ccc(-n2cc(C#N)c(Cl)n2)c2ncnc(N3CCN(C(=O)C(C#N)(CF)CF)C(C)C3)c12. The van der Waals surface area contributed by atoms with Gasteiger partial charge in [0.05, 0.1) is 18.0 Å². The van der Waals surface area contributed by atoms with Crippen LogP contribution in [0.2, 0.25) is 5.15 Å². The first kappa shape index (κ1) is 25.8. The van der Waals surface area contributed by atoms with E-state index in [0.717, 1.165) is 17.4 Å². The number of benzene rings is 1. The van der Waals surface area contributed by atoms with Crippen molar-refractivity contribution < 1.29 is 13.6 Å². The van der Waals surface area contributed by atoms with Crippen molar-refractivity contribution in [1.29, 1.82) is 10.5 Å². The number of rotatable bonds is 6. The van der Waals surface area contributed by atoms with E-state index in [-0.39, 0.29) is 17.3 Å². The van der Waals surface area contributed by atoms with E-state index in [0.29, 0.717) is 41.9 Å². The van der Waals surface area contributed by atoms with E-state index in [2.05, 4.69) is 22.0 Å². The number of hydrogen-bond donors (Lipinski definition) is 0. The van der Waals surface area contributed by atoms with Gasteiger partial charge in [0.1, 0.15) is 42.6 Å². The second-order valence-corrected chi connectivity index (χ2v) is 10.4. The normalized spacial score (nSPS) is 21.3. The van der Waals surface area contributed by atoms with Gasteiger partial charge in [-0.05, 0) is 36.8 Å². The molecule has 0 bridgehead atoms. The molecule has 0 spiro atoms. The zero-order chi connectivity index (χ0) is 27.2. The Morgan fingerprint density at radius 1 is 1.21 bits per heavy atom. The number of piperazine rings is 1. The summed E-state index contributed by atoms with van der Waals surface area (Å²) >= 11 is 6.13. The summed E-state index contributed by atoms with van der Waals surface area (Å²) in [5.41, 5.74) is 0.347. The number of nitriles is 2. The average Bonchev–Trinajstić information content (AvgIpc) is 3.54. The van der Waals surface area contributed by atoms with Crippen LogP contribution < -0.4 is 4.90 Å². The van der Waals surface area contributed by atoms with Gasteiger partial charge in [-0.25, -0.2) is 23.4 Å². The van der Waals surface area contributed by atoms with Gasteiger partial charge in [-0.2, -0.15) is 15.6 Å². The fourth-order valence-electron chi connectivity index (χ4n) is 5.19. The molecule has 1 amide bonds. The zero-order valence-corrected chi connectivity index (χ0v) is 21.7. The van der Waals surface area contributed by atoms with E-state index >= 15 is 0 Å². The Balaban J connectivity index is 1.55. The lowest BCUT2D eigenvalue weighted by atomic mass is 9.90. The summed E-state index contributed by atoms with van der Waals surface area (Å²) in [5, 5.41) is 23.9. The zero-order valence-electron chi connectivity index (χ0n) is 20.9. The molecule has 2 unspecified atom stereocenters. The molecular weight excluding hydrogens is 514 g/mol. The van der Waals surface area contributed by atoms with Gasteiger partial charge < -0.3 is 9.80 Å². The maximum absolute atomic E-state index is 13.6. The maximum atomic E-state index is 13.6. The van der Waals surface area contributed by atoms with Gasteiger partial charge in [0.25, 0.3) is 0 Å². The Kier molecular flexibility index (Phi) is 6.66. The minimum absolute atomic E-state index is 0.0967. The van der Waals surface area contributed by atoms with Crippen molar-refractivity contribution in [2.24, 2.45) is 11.3 Å². The van der Waals surface area contributed by atoms with Crippen LogP contribution in [-0.2, 0) is 4.79 Å². The highest BCUT2D eigenvalue weighted by Crippen LogP contribution is 2.50. The van der Waals surface area contributed by atoms with E-state index in [1.54, 1.807) is 19.2 Å². The molecule has 5 rings (SSSR count). The topological polar surface area (TPSA) is 115 Å². The second kappa shape index (κ2) is 9.80. The summed E-state index contributed by atoms with van der Waals surface area (Å²) in [7, 11) is 0. The van der Waals surface area contributed by atoms with Crippen LogP contribution in [0, 0.1) is 34.0 Å². The third-order valence-electron chi connectivity index (χ3n) is 7.59. The van der Waals surface area contributed by atoms with Gasteiger partial charge in [0.2, 0.25) is 5.91 Å². The van der Waals surface area contributed by atoms with E-state index < -0.39 is 30.7 Å². The number of nitrogens with zero attached hydrogens (tertiary/aromatic N) is 8. The van der Waals surface area contributed by atoms with Crippen molar-refractivity contribution in [2.45, 2.75) is 32.2 Å². The maximum Gasteiger partial charge on any atom is 0.248 e. The van der Waals surface area contributed by atoms with Crippen LogP contribution in [0.4, 0.5) is 14.6 Å². The average molecular weight is 539 g/mol. The van der Waals surface area contributed by atoms with Crippen LogP contribution in [0.15, 0.2) is 24.7 Å². The monoisotopic (exact) mass is 538 g/mol. The van der Waals surface area contributed by atoms with Crippen LogP contribution in [0.25, 0.3) is 16.6 Å². The molecule has 2 fully saturated rings. The molecule has 3 atom stereocenters. The predicted molar refractivity (Wildman–Crippen MR) is 136 cm³/mol. The fourth-order valence-corrected chi connectivity index (χ4v) is 5.36. The van der Waals surface area contributed by atoms with Gasteiger partial charge in [0.15, 0.2) is 10.6 Å². The van der Waals surface area contributed by atoms with Crippen LogP contribution >= 0.6 is 11.6 Å². The lowest BCUT2D eigenvalue weighted by Gasteiger charge is -2.42. The highest BCUT2D eigenvalue weighted by Gasteiger charge is 2.45. The number of fused-ring (bicyclic) bond motifs is 1. The summed E-state index contributed by atoms with van der Waals surface area (Å²) in [6, 6.07) is 7.11. The lowest BCUT2D eigenvalue weighted by molar-refractivity contribution is -0.143. The van der Waals surface area contributed by atoms with E-state index in [1.165, 1.54) is 15.9 Å². The minimum atomic E-state index is -2.31. The first-order valence-electron chi connectivity index (χ1n) is 12.3. The molecule has 0 radical (unpaired) electrons. The smallest absolute Gasteiger partial charge is 0.248 e. The molecule has 1 aliphatic carbocycles. The molecule has 2 aliphatic rings. The minimum Gasteiger partial charge on any atom is -0.352 e. The summed E-state index contributed by atoms with van der Waals surface area (Å²) < 4.78 is 28.7. The summed E-state index contributed by atoms with van der Waals surface area (Å²) in [6.07, 6.45) is 4.06. The molecule has 1 aliphatic heterocycles. The van der Waals surface area contributed by atoms with Crippen molar-refractivity contribution in [2.75, 3.05) is 37.9 Å². The number of amides is 1. The predicted octanol–water partition coefficient (Wildman–Crippen LogP) is 3.95. The first-order valence-corrected chi connectivity index (χ1v) is 12.7. The summed E-state index contributed by atoms with van der Waals surface area (Å²) in [4.78, 5) is 25.6. The first-order chi connectivity index (χ1) is 18.3. The molecule has 2 aromatic heterocycles. The van der Waals surface area contributed by atoms with Gasteiger partial charge in [-0.3, -0.25) is 4.79 Å². The largest absolute Gasteiger partial charge is 0.352 e. The van der Waals surface area contributed by atoms with E-state index in [1.807, 2.05) is 23.1 Å². The highest BCUT2D eigenvalue weighted by molar-refractivity contribution is 6.30. The Morgan fingerprint density at radius 2 is 1.95 bits per heavy atom. The van der Waals surface area contributed by atoms with Crippen LogP contribution in [-0.4, -0.2) is 69.6 Å². The Labute approximate surface area is 223 Å². The molecule has 196 valence electrons. The Hall–Kier alpha value is -3.83. The molecule has 12 heteroatoms. The lowest BCUT2D eigenvalue weighted by Crippen LogP contribution is -2.58. The molecule has 1 saturated heterocycles. The van der Waals surface area contributed by atoms with Crippen molar-refractivity contribution >= 4 is 34.2 Å². The number of halogens is 3. The number of hydrogen-bond acceptors (Lipinski definition) is 7. The van der Waals surface area contributed by atoms with Crippen LogP contribution in [0.5, 0.6) is 0 Å². The van der Waals surface area contributed by atoms with Crippen LogP contribution in [0.1, 0.15) is 37.3 Å². The molecule has 3 heterocycles. The number of aromatic nitrogens is 4. The molecular formula is C26H25ClF2N8O. The molecule has 0 N–H and O–H groups in total. The summed E-state index contributed by atoms with van der Waals surface area (Å²) in [6.45, 7) is 2.12. The number of alkyl halides is 2. The van der Waals surface area contributed by atoms with Crippen molar-refractivity contribution in [3.8, 4) is 17.8 Å². The van der Waals surface area contributed by atoms with Crippen LogP contribution in [0.3, 0.4) is 0 Å².